The van der Waals surface area contributed by atoms with Crippen LogP contribution in [-0.4, -0.2) is 26.5 Å². The van der Waals surface area contributed by atoms with E-state index in [1.54, 1.807) is 6.20 Å². The maximum absolute atomic E-state index is 12.0. The number of pyridine rings is 1. The topological polar surface area (TPSA) is 59.8 Å². The van der Waals surface area contributed by atoms with Gasteiger partial charge in [0.15, 0.2) is 0 Å². The van der Waals surface area contributed by atoms with Gasteiger partial charge in [-0.25, -0.2) is 4.98 Å². The van der Waals surface area contributed by atoms with E-state index in [0.29, 0.717) is 13.0 Å². The SMILES string of the molecule is Cc1cccc(C[C@H](C)NC(=O)CCn2ccnc2C)n1. The minimum absolute atomic E-state index is 0.0586. The van der Waals surface area contributed by atoms with Gasteiger partial charge in [0.05, 0.1) is 0 Å². The Hall–Kier alpha value is -2.17. The first-order valence-corrected chi connectivity index (χ1v) is 7.24. The molecule has 0 spiro atoms. The van der Waals surface area contributed by atoms with E-state index >= 15 is 0 Å². The van der Waals surface area contributed by atoms with Crippen LogP contribution in [0.15, 0.2) is 30.6 Å². The summed E-state index contributed by atoms with van der Waals surface area (Å²) < 4.78 is 1.98. The second-order valence-electron chi connectivity index (χ2n) is 5.36. The van der Waals surface area contributed by atoms with Crippen LogP contribution in [0.5, 0.6) is 0 Å². The van der Waals surface area contributed by atoms with Gasteiger partial charge in [-0.05, 0) is 32.9 Å². The zero-order valence-electron chi connectivity index (χ0n) is 12.8. The Kier molecular flexibility index (Phi) is 5.09. The second kappa shape index (κ2) is 7.02. The van der Waals surface area contributed by atoms with Crippen LogP contribution in [0.1, 0.15) is 30.6 Å². The molecule has 1 N–H and O–H groups in total. The zero-order chi connectivity index (χ0) is 15.2. The molecule has 0 saturated heterocycles. The molecule has 0 aliphatic rings. The molecule has 0 aliphatic heterocycles. The predicted molar refractivity (Wildman–Crippen MR) is 81.9 cm³/mol. The predicted octanol–water partition coefficient (Wildman–Crippen LogP) is 2.03. The molecule has 2 heterocycles. The van der Waals surface area contributed by atoms with Crippen molar-refractivity contribution in [3.63, 3.8) is 0 Å². The van der Waals surface area contributed by atoms with Crippen molar-refractivity contribution in [3.8, 4) is 0 Å². The highest BCUT2D eigenvalue weighted by molar-refractivity contribution is 5.76. The maximum atomic E-state index is 12.0. The van der Waals surface area contributed by atoms with Crippen molar-refractivity contribution in [2.75, 3.05) is 0 Å². The Morgan fingerprint density at radius 3 is 2.86 bits per heavy atom. The largest absolute Gasteiger partial charge is 0.353 e. The number of hydrogen-bond donors (Lipinski definition) is 1. The van der Waals surface area contributed by atoms with E-state index in [4.69, 9.17) is 0 Å². The smallest absolute Gasteiger partial charge is 0.222 e. The van der Waals surface area contributed by atoms with E-state index in [0.717, 1.165) is 23.6 Å². The summed E-state index contributed by atoms with van der Waals surface area (Å²) in [6, 6.07) is 6.04. The fraction of sp³-hybridized carbons (Fsp3) is 0.438. The van der Waals surface area contributed by atoms with Gasteiger partial charge in [-0.3, -0.25) is 9.78 Å². The lowest BCUT2D eigenvalue weighted by Gasteiger charge is -2.14. The molecule has 0 aromatic carbocycles. The Morgan fingerprint density at radius 2 is 2.19 bits per heavy atom. The van der Waals surface area contributed by atoms with Crippen LogP contribution in [-0.2, 0) is 17.8 Å². The minimum atomic E-state index is 0.0586. The standard InChI is InChI=1S/C16H22N4O/c1-12-5-4-6-15(18-12)11-13(2)19-16(21)7-9-20-10-8-17-14(20)3/h4-6,8,10,13H,7,9,11H2,1-3H3,(H,19,21)/t13-/m0/s1. The quantitative estimate of drug-likeness (QED) is 0.884. The third-order valence-electron chi connectivity index (χ3n) is 3.37. The van der Waals surface area contributed by atoms with Crippen molar-refractivity contribution in [2.24, 2.45) is 0 Å². The van der Waals surface area contributed by atoms with Gasteiger partial charge in [0, 0.05) is 49.2 Å². The number of imidazole rings is 1. The fourth-order valence-corrected chi connectivity index (χ4v) is 2.29. The minimum Gasteiger partial charge on any atom is -0.353 e. The highest BCUT2D eigenvalue weighted by Crippen LogP contribution is 2.03. The second-order valence-corrected chi connectivity index (χ2v) is 5.36. The first-order chi connectivity index (χ1) is 10.0. The molecule has 5 heteroatoms. The number of rotatable bonds is 6. The normalized spacial score (nSPS) is 12.1. The monoisotopic (exact) mass is 286 g/mol. The summed E-state index contributed by atoms with van der Waals surface area (Å²) in [6.07, 6.45) is 4.85. The number of carbonyl (C=O) groups excluding carboxylic acids is 1. The Labute approximate surface area is 125 Å². The van der Waals surface area contributed by atoms with Crippen LogP contribution in [0.3, 0.4) is 0 Å². The Bertz CT molecular complexity index is 606. The average molecular weight is 286 g/mol. The van der Waals surface area contributed by atoms with Gasteiger partial charge in [0.2, 0.25) is 5.91 Å². The van der Waals surface area contributed by atoms with Crippen molar-refractivity contribution in [1.29, 1.82) is 0 Å². The molecule has 2 aromatic heterocycles. The van der Waals surface area contributed by atoms with E-state index in [9.17, 15) is 4.79 Å². The molecule has 5 nitrogen and oxygen atoms in total. The number of aryl methyl sites for hydroxylation is 3. The van der Waals surface area contributed by atoms with E-state index in [1.807, 2.05) is 49.7 Å². The van der Waals surface area contributed by atoms with Crippen LogP contribution in [0, 0.1) is 13.8 Å². The van der Waals surface area contributed by atoms with Gasteiger partial charge in [0.1, 0.15) is 5.82 Å². The summed E-state index contributed by atoms with van der Waals surface area (Å²) in [5, 5.41) is 3.02. The summed E-state index contributed by atoms with van der Waals surface area (Å²) in [5.41, 5.74) is 2.01. The summed E-state index contributed by atoms with van der Waals surface area (Å²) in [4.78, 5) is 20.5. The van der Waals surface area contributed by atoms with Crippen molar-refractivity contribution >= 4 is 5.91 Å². The van der Waals surface area contributed by atoms with Crippen LogP contribution < -0.4 is 5.32 Å². The van der Waals surface area contributed by atoms with Gasteiger partial charge in [-0.1, -0.05) is 6.07 Å². The van der Waals surface area contributed by atoms with E-state index in [1.165, 1.54) is 0 Å². The molecule has 0 saturated carbocycles. The first kappa shape index (κ1) is 15.2. The number of carbonyl (C=O) groups is 1. The number of amides is 1. The van der Waals surface area contributed by atoms with E-state index < -0.39 is 0 Å². The number of hydrogen-bond acceptors (Lipinski definition) is 3. The maximum Gasteiger partial charge on any atom is 0.222 e. The lowest BCUT2D eigenvalue weighted by molar-refractivity contribution is -0.121. The van der Waals surface area contributed by atoms with Gasteiger partial charge in [-0.15, -0.1) is 0 Å². The zero-order valence-corrected chi connectivity index (χ0v) is 12.8. The third-order valence-corrected chi connectivity index (χ3v) is 3.37. The van der Waals surface area contributed by atoms with Crippen molar-refractivity contribution in [2.45, 2.75) is 46.2 Å². The summed E-state index contributed by atoms with van der Waals surface area (Å²) in [6.45, 7) is 6.57. The molecule has 0 unspecified atom stereocenters. The summed E-state index contributed by atoms with van der Waals surface area (Å²) in [5.74, 6) is 0.989. The average Bonchev–Trinajstić information content (AvgIpc) is 2.81. The Morgan fingerprint density at radius 1 is 1.38 bits per heavy atom. The molecule has 2 aromatic rings. The Balaban J connectivity index is 1.78. The van der Waals surface area contributed by atoms with Gasteiger partial charge in [-0.2, -0.15) is 0 Å². The van der Waals surface area contributed by atoms with E-state index in [2.05, 4.69) is 15.3 Å². The highest BCUT2D eigenvalue weighted by atomic mass is 16.1. The molecule has 21 heavy (non-hydrogen) atoms. The number of nitrogens with zero attached hydrogens (tertiary/aromatic N) is 3. The summed E-state index contributed by atoms with van der Waals surface area (Å²) in [7, 11) is 0. The van der Waals surface area contributed by atoms with Crippen molar-refractivity contribution in [1.82, 2.24) is 19.9 Å². The molecule has 0 aliphatic carbocycles. The first-order valence-electron chi connectivity index (χ1n) is 7.24. The summed E-state index contributed by atoms with van der Waals surface area (Å²) >= 11 is 0. The van der Waals surface area contributed by atoms with Crippen LogP contribution in [0.25, 0.3) is 0 Å². The molecule has 0 bridgehead atoms. The van der Waals surface area contributed by atoms with Gasteiger partial charge < -0.3 is 9.88 Å². The van der Waals surface area contributed by atoms with Crippen molar-refractivity contribution < 1.29 is 4.79 Å². The molecule has 0 fully saturated rings. The molecule has 2 rings (SSSR count). The molecule has 1 amide bonds. The highest BCUT2D eigenvalue weighted by Gasteiger charge is 2.09. The van der Waals surface area contributed by atoms with Gasteiger partial charge >= 0.3 is 0 Å². The number of nitrogens with one attached hydrogen (secondary N) is 1. The van der Waals surface area contributed by atoms with Crippen LogP contribution >= 0.6 is 0 Å². The molecule has 0 radical (unpaired) electrons. The molecular weight excluding hydrogens is 264 g/mol. The third kappa shape index (κ3) is 4.70. The number of aromatic nitrogens is 3. The molecule has 112 valence electrons. The van der Waals surface area contributed by atoms with Crippen LogP contribution in [0.2, 0.25) is 0 Å². The molecule has 1 atom stereocenters. The van der Waals surface area contributed by atoms with E-state index in [-0.39, 0.29) is 11.9 Å². The van der Waals surface area contributed by atoms with Gasteiger partial charge in [0.25, 0.3) is 0 Å². The lowest BCUT2D eigenvalue weighted by atomic mass is 10.1. The molecular formula is C16H22N4O. The van der Waals surface area contributed by atoms with Crippen molar-refractivity contribution in [3.05, 3.63) is 47.8 Å². The van der Waals surface area contributed by atoms with Crippen LogP contribution in [0.4, 0.5) is 0 Å². The fourth-order valence-electron chi connectivity index (χ4n) is 2.29. The lowest BCUT2D eigenvalue weighted by Crippen LogP contribution is -2.34.